The summed E-state index contributed by atoms with van der Waals surface area (Å²) in [7, 11) is 0. The van der Waals surface area contributed by atoms with Crippen molar-refractivity contribution in [2.75, 3.05) is 6.54 Å². The monoisotopic (exact) mass is 255 g/mol. The van der Waals surface area contributed by atoms with Gasteiger partial charge in [-0.1, -0.05) is 6.07 Å². The van der Waals surface area contributed by atoms with Crippen LogP contribution in [0.5, 0.6) is 0 Å². The SMILES string of the molecule is Cl.NC(CNC(=O)Cc1cccnc1)C1CC1. The molecule has 1 fully saturated rings. The Morgan fingerprint density at radius 1 is 1.59 bits per heavy atom. The van der Waals surface area contributed by atoms with Crippen molar-refractivity contribution in [1.29, 1.82) is 0 Å². The van der Waals surface area contributed by atoms with Crippen LogP contribution in [0.25, 0.3) is 0 Å². The Hall–Kier alpha value is -1.13. The van der Waals surface area contributed by atoms with Gasteiger partial charge in [0.2, 0.25) is 5.91 Å². The molecule has 0 saturated heterocycles. The van der Waals surface area contributed by atoms with Crippen molar-refractivity contribution in [3.05, 3.63) is 30.1 Å². The summed E-state index contributed by atoms with van der Waals surface area (Å²) in [4.78, 5) is 15.5. The van der Waals surface area contributed by atoms with Gasteiger partial charge in [-0.2, -0.15) is 0 Å². The molecule has 2 rings (SSSR count). The molecule has 0 aliphatic heterocycles. The van der Waals surface area contributed by atoms with E-state index in [1.54, 1.807) is 12.4 Å². The van der Waals surface area contributed by atoms with Crippen molar-refractivity contribution in [3.8, 4) is 0 Å². The van der Waals surface area contributed by atoms with Gasteiger partial charge in [0.1, 0.15) is 0 Å². The summed E-state index contributed by atoms with van der Waals surface area (Å²) in [6.07, 6.45) is 6.20. The normalized spacial score (nSPS) is 15.8. The first-order valence-corrected chi connectivity index (χ1v) is 5.67. The third kappa shape index (κ3) is 4.71. The smallest absolute Gasteiger partial charge is 0.224 e. The summed E-state index contributed by atoms with van der Waals surface area (Å²) in [5.74, 6) is 0.641. The third-order valence-electron chi connectivity index (χ3n) is 2.85. The van der Waals surface area contributed by atoms with Crippen molar-refractivity contribution in [2.24, 2.45) is 11.7 Å². The molecule has 1 aromatic rings. The second-order valence-corrected chi connectivity index (χ2v) is 4.34. The van der Waals surface area contributed by atoms with Gasteiger partial charge in [-0.15, -0.1) is 12.4 Å². The van der Waals surface area contributed by atoms with E-state index in [1.807, 2.05) is 12.1 Å². The van der Waals surface area contributed by atoms with Gasteiger partial charge in [0, 0.05) is 25.0 Å². The molecule has 0 spiro atoms. The fourth-order valence-corrected chi connectivity index (χ4v) is 1.67. The Balaban J connectivity index is 0.00000144. The Morgan fingerprint density at radius 3 is 2.94 bits per heavy atom. The van der Waals surface area contributed by atoms with Crippen molar-refractivity contribution in [1.82, 2.24) is 10.3 Å². The van der Waals surface area contributed by atoms with Gasteiger partial charge < -0.3 is 11.1 Å². The van der Waals surface area contributed by atoms with Gasteiger partial charge in [-0.05, 0) is 30.4 Å². The number of pyridine rings is 1. The predicted octanol–water partition coefficient (Wildman–Crippen LogP) is 0.899. The van der Waals surface area contributed by atoms with E-state index in [2.05, 4.69) is 10.3 Å². The Kier molecular flexibility index (Phi) is 5.38. The Morgan fingerprint density at radius 2 is 2.35 bits per heavy atom. The molecule has 4 nitrogen and oxygen atoms in total. The highest BCUT2D eigenvalue weighted by molar-refractivity contribution is 5.85. The van der Waals surface area contributed by atoms with Gasteiger partial charge >= 0.3 is 0 Å². The van der Waals surface area contributed by atoms with Crippen molar-refractivity contribution in [2.45, 2.75) is 25.3 Å². The standard InChI is InChI=1S/C12H17N3O.ClH/c13-11(10-3-4-10)8-15-12(16)6-9-2-1-5-14-7-9;/h1-2,5,7,10-11H,3-4,6,8,13H2,(H,15,16);1H. The fourth-order valence-electron chi connectivity index (χ4n) is 1.67. The van der Waals surface area contributed by atoms with Crippen LogP contribution in [0.4, 0.5) is 0 Å². The molecule has 1 amide bonds. The summed E-state index contributed by atoms with van der Waals surface area (Å²) in [5, 5.41) is 2.86. The molecule has 1 aromatic heterocycles. The van der Waals surface area contributed by atoms with E-state index in [1.165, 1.54) is 12.8 Å². The van der Waals surface area contributed by atoms with Crippen LogP contribution in [-0.4, -0.2) is 23.5 Å². The molecular weight excluding hydrogens is 238 g/mol. The second-order valence-electron chi connectivity index (χ2n) is 4.34. The van der Waals surface area contributed by atoms with Crippen LogP contribution < -0.4 is 11.1 Å². The predicted molar refractivity (Wildman–Crippen MR) is 68.9 cm³/mol. The van der Waals surface area contributed by atoms with Crippen LogP contribution in [-0.2, 0) is 11.2 Å². The van der Waals surface area contributed by atoms with E-state index in [9.17, 15) is 4.79 Å². The lowest BCUT2D eigenvalue weighted by atomic mass is 10.2. The van der Waals surface area contributed by atoms with Gasteiger partial charge in [0.15, 0.2) is 0 Å². The lowest BCUT2D eigenvalue weighted by Crippen LogP contribution is -2.39. The van der Waals surface area contributed by atoms with Crippen molar-refractivity contribution < 1.29 is 4.79 Å². The molecule has 1 saturated carbocycles. The number of rotatable bonds is 5. The zero-order chi connectivity index (χ0) is 11.4. The van der Waals surface area contributed by atoms with Crippen LogP contribution in [0.15, 0.2) is 24.5 Å². The number of carbonyl (C=O) groups is 1. The molecule has 3 N–H and O–H groups in total. The number of hydrogen-bond donors (Lipinski definition) is 2. The summed E-state index contributed by atoms with van der Waals surface area (Å²) in [6.45, 7) is 0.587. The van der Waals surface area contributed by atoms with Crippen LogP contribution >= 0.6 is 12.4 Å². The van der Waals surface area contributed by atoms with Gasteiger partial charge in [0.25, 0.3) is 0 Å². The van der Waals surface area contributed by atoms with Gasteiger partial charge in [-0.3, -0.25) is 9.78 Å². The number of amides is 1. The van der Waals surface area contributed by atoms with Crippen LogP contribution in [0.3, 0.4) is 0 Å². The average Bonchev–Trinajstić information content (AvgIpc) is 3.11. The fraction of sp³-hybridized carbons (Fsp3) is 0.500. The summed E-state index contributed by atoms with van der Waals surface area (Å²) < 4.78 is 0. The number of aromatic nitrogens is 1. The van der Waals surface area contributed by atoms with E-state index in [0.29, 0.717) is 18.9 Å². The maximum atomic E-state index is 11.6. The first-order valence-electron chi connectivity index (χ1n) is 5.67. The van der Waals surface area contributed by atoms with E-state index >= 15 is 0 Å². The molecule has 1 aliphatic rings. The minimum absolute atomic E-state index is 0. The van der Waals surface area contributed by atoms with Crippen LogP contribution in [0, 0.1) is 5.92 Å². The largest absolute Gasteiger partial charge is 0.354 e. The lowest BCUT2D eigenvalue weighted by Gasteiger charge is -2.11. The number of nitrogens with zero attached hydrogens (tertiary/aromatic N) is 1. The third-order valence-corrected chi connectivity index (χ3v) is 2.85. The Labute approximate surface area is 107 Å². The highest BCUT2D eigenvalue weighted by atomic mass is 35.5. The quantitative estimate of drug-likeness (QED) is 0.822. The summed E-state index contributed by atoms with van der Waals surface area (Å²) >= 11 is 0. The Bertz CT molecular complexity index is 354. The zero-order valence-corrected chi connectivity index (χ0v) is 10.5. The van der Waals surface area contributed by atoms with Crippen LogP contribution in [0.2, 0.25) is 0 Å². The minimum atomic E-state index is 0. The molecule has 1 heterocycles. The molecule has 1 aliphatic carbocycles. The molecule has 0 aromatic carbocycles. The lowest BCUT2D eigenvalue weighted by molar-refractivity contribution is -0.120. The zero-order valence-electron chi connectivity index (χ0n) is 9.63. The second kappa shape index (κ2) is 6.57. The molecule has 17 heavy (non-hydrogen) atoms. The highest BCUT2D eigenvalue weighted by Crippen LogP contribution is 2.31. The van der Waals surface area contributed by atoms with Crippen LogP contribution in [0.1, 0.15) is 18.4 Å². The number of hydrogen-bond acceptors (Lipinski definition) is 3. The van der Waals surface area contributed by atoms with E-state index < -0.39 is 0 Å². The summed E-state index contributed by atoms with van der Waals surface area (Å²) in [6, 6.07) is 3.85. The average molecular weight is 256 g/mol. The molecule has 1 unspecified atom stereocenters. The molecule has 1 atom stereocenters. The summed E-state index contributed by atoms with van der Waals surface area (Å²) in [5.41, 5.74) is 6.82. The van der Waals surface area contributed by atoms with Crippen molar-refractivity contribution >= 4 is 18.3 Å². The van der Waals surface area contributed by atoms with Crippen molar-refractivity contribution in [3.63, 3.8) is 0 Å². The first-order chi connectivity index (χ1) is 7.75. The van der Waals surface area contributed by atoms with E-state index in [4.69, 9.17) is 5.73 Å². The molecule has 0 radical (unpaired) electrons. The topological polar surface area (TPSA) is 68.0 Å². The first kappa shape index (κ1) is 13.9. The number of halogens is 1. The van der Waals surface area contributed by atoms with E-state index in [-0.39, 0.29) is 24.4 Å². The molecule has 0 bridgehead atoms. The molecule has 94 valence electrons. The maximum absolute atomic E-state index is 11.6. The molecule has 5 heteroatoms. The van der Waals surface area contributed by atoms with E-state index in [0.717, 1.165) is 5.56 Å². The number of carbonyl (C=O) groups excluding carboxylic acids is 1. The molecular formula is C12H18ClN3O. The minimum Gasteiger partial charge on any atom is -0.354 e. The van der Waals surface area contributed by atoms with Gasteiger partial charge in [0.05, 0.1) is 6.42 Å². The maximum Gasteiger partial charge on any atom is 0.224 e. The number of nitrogens with two attached hydrogens (primary N) is 1. The highest BCUT2D eigenvalue weighted by Gasteiger charge is 2.28. The number of nitrogens with one attached hydrogen (secondary N) is 1. The van der Waals surface area contributed by atoms with Gasteiger partial charge in [-0.25, -0.2) is 0 Å².